The van der Waals surface area contributed by atoms with Gasteiger partial charge in [-0.3, -0.25) is 0 Å². The van der Waals surface area contributed by atoms with Gasteiger partial charge in [-0.1, -0.05) is 39.0 Å². The average molecular weight is 255 g/mol. The van der Waals surface area contributed by atoms with Gasteiger partial charge in [0.25, 0.3) is 0 Å². The molecule has 1 aromatic carbocycles. The standard InChI is InChI=1S/C16H21N3/c1-4-14-13-9-10-17-16(13)19(18-14)15-8-6-5-7-12(15)11(2)3/h5-8,11,17H,4,9-10H2,1-3H3. The minimum absolute atomic E-state index is 0.502. The fourth-order valence-electron chi connectivity index (χ4n) is 2.87. The number of nitrogens with zero attached hydrogens (tertiary/aromatic N) is 2. The number of aryl methyl sites for hydroxylation is 1. The zero-order chi connectivity index (χ0) is 13.4. The van der Waals surface area contributed by atoms with Crippen molar-refractivity contribution in [3.63, 3.8) is 0 Å². The maximum absolute atomic E-state index is 4.82. The smallest absolute Gasteiger partial charge is 0.133 e. The molecular weight excluding hydrogens is 234 g/mol. The van der Waals surface area contributed by atoms with E-state index in [-0.39, 0.29) is 0 Å². The number of nitrogens with one attached hydrogen (secondary N) is 1. The predicted octanol–water partition coefficient (Wildman–Crippen LogP) is 3.53. The fraction of sp³-hybridized carbons (Fsp3) is 0.438. The van der Waals surface area contributed by atoms with Crippen LogP contribution in [0.15, 0.2) is 24.3 Å². The molecule has 0 atom stereocenters. The van der Waals surface area contributed by atoms with Gasteiger partial charge in [0.1, 0.15) is 5.82 Å². The van der Waals surface area contributed by atoms with Crippen molar-refractivity contribution >= 4 is 5.82 Å². The summed E-state index contributed by atoms with van der Waals surface area (Å²) in [5.74, 6) is 1.70. The minimum atomic E-state index is 0.502. The van der Waals surface area contributed by atoms with Crippen molar-refractivity contribution in [1.82, 2.24) is 9.78 Å². The molecule has 1 aliphatic rings. The molecule has 100 valence electrons. The quantitative estimate of drug-likeness (QED) is 0.909. The van der Waals surface area contributed by atoms with E-state index in [2.05, 4.69) is 55.0 Å². The Labute approximate surface area is 114 Å². The van der Waals surface area contributed by atoms with Crippen LogP contribution in [-0.2, 0) is 12.8 Å². The van der Waals surface area contributed by atoms with E-state index in [1.165, 1.54) is 28.3 Å². The van der Waals surface area contributed by atoms with Crippen molar-refractivity contribution in [2.45, 2.75) is 39.5 Å². The first-order chi connectivity index (χ1) is 9.22. The Morgan fingerprint density at radius 3 is 2.84 bits per heavy atom. The highest BCUT2D eigenvalue weighted by molar-refractivity contribution is 5.58. The van der Waals surface area contributed by atoms with Gasteiger partial charge in [-0.2, -0.15) is 5.10 Å². The Balaban J connectivity index is 2.18. The number of benzene rings is 1. The van der Waals surface area contributed by atoms with Crippen molar-refractivity contribution in [3.8, 4) is 5.69 Å². The summed E-state index contributed by atoms with van der Waals surface area (Å²) in [6.45, 7) is 7.68. The largest absolute Gasteiger partial charge is 0.369 e. The molecule has 0 radical (unpaired) electrons. The zero-order valence-corrected chi connectivity index (χ0v) is 11.9. The Kier molecular flexibility index (Phi) is 3.05. The van der Waals surface area contributed by atoms with Crippen molar-refractivity contribution in [2.75, 3.05) is 11.9 Å². The van der Waals surface area contributed by atoms with Crippen LogP contribution < -0.4 is 5.32 Å². The molecule has 0 unspecified atom stereocenters. The maximum Gasteiger partial charge on any atom is 0.133 e. The van der Waals surface area contributed by atoms with Gasteiger partial charge < -0.3 is 5.32 Å². The lowest BCUT2D eigenvalue weighted by molar-refractivity contribution is 0.792. The number of para-hydroxylation sites is 1. The molecule has 1 aliphatic heterocycles. The van der Waals surface area contributed by atoms with Crippen LogP contribution in [-0.4, -0.2) is 16.3 Å². The summed E-state index contributed by atoms with van der Waals surface area (Å²) in [5, 5.41) is 8.31. The second-order valence-electron chi connectivity index (χ2n) is 5.43. The molecule has 0 amide bonds. The molecular formula is C16H21N3. The highest BCUT2D eigenvalue weighted by Crippen LogP contribution is 2.31. The summed E-state index contributed by atoms with van der Waals surface area (Å²) in [4.78, 5) is 0. The number of anilines is 1. The topological polar surface area (TPSA) is 29.9 Å². The van der Waals surface area contributed by atoms with E-state index in [1.807, 2.05) is 0 Å². The number of aromatic nitrogens is 2. The monoisotopic (exact) mass is 255 g/mol. The van der Waals surface area contributed by atoms with E-state index in [0.29, 0.717) is 5.92 Å². The fourth-order valence-corrected chi connectivity index (χ4v) is 2.87. The van der Waals surface area contributed by atoms with Crippen LogP contribution in [0.25, 0.3) is 5.69 Å². The minimum Gasteiger partial charge on any atom is -0.369 e. The van der Waals surface area contributed by atoms with Gasteiger partial charge >= 0.3 is 0 Å². The lowest BCUT2D eigenvalue weighted by Gasteiger charge is -2.14. The summed E-state index contributed by atoms with van der Waals surface area (Å²) in [7, 11) is 0. The molecule has 0 aliphatic carbocycles. The zero-order valence-electron chi connectivity index (χ0n) is 11.9. The van der Waals surface area contributed by atoms with Crippen molar-refractivity contribution < 1.29 is 0 Å². The molecule has 0 spiro atoms. The van der Waals surface area contributed by atoms with Crippen LogP contribution in [0.5, 0.6) is 0 Å². The van der Waals surface area contributed by atoms with Crippen molar-refractivity contribution in [1.29, 1.82) is 0 Å². The first-order valence-corrected chi connectivity index (χ1v) is 7.16. The third-order valence-electron chi connectivity index (χ3n) is 3.86. The Morgan fingerprint density at radius 2 is 2.11 bits per heavy atom. The number of fused-ring (bicyclic) bond motifs is 1. The van der Waals surface area contributed by atoms with Gasteiger partial charge in [0, 0.05) is 12.1 Å². The third kappa shape index (κ3) is 1.93. The second kappa shape index (κ2) is 4.72. The molecule has 0 fully saturated rings. The van der Waals surface area contributed by atoms with Gasteiger partial charge in [0.05, 0.1) is 11.4 Å². The molecule has 1 aromatic heterocycles. The molecule has 3 nitrogen and oxygen atoms in total. The molecule has 0 saturated heterocycles. The molecule has 1 N–H and O–H groups in total. The first kappa shape index (κ1) is 12.3. The van der Waals surface area contributed by atoms with Crippen molar-refractivity contribution in [2.24, 2.45) is 0 Å². The summed E-state index contributed by atoms with van der Waals surface area (Å²) >= 11 is 0. The van der Waals surface area contributed by atoms with Crippen LogP contribution in [0.1, 0.15) is 43.5 Å². The lowest BCUT2D eigenvalue weighted by Crippen LogP contribution is -2.07. The Hall–Kier alpha value is -1.77. The number of hydrogen-bond donors (Lipinski definition) is 1. The van der Waals surface area contributed by atoms with Crippen LogP contribution in [0.2, 0.25) is 0 Å². The van der Waals surface area contributed by atoms with Gasteiger partial charge in [0.15, 0.2) is 0 Å². The molecule has 2 heterocycles. The molecule has 3 rings (SSSR count). The predicted molar refractivity (Wildman–Crippen MR) is 79.2 cm³/mol. The number of rotatable bonds is 3. The molecule has 2 aromatic rings. The van der Waals surface area contributed by atoms with Gasteiger partial charge in [-0.25, -0.2) is 4.68 Å². The van der Waals surface area contributed by atoms with Gasteiger partial charge in [-0.15, -0.1) is 0 Å². The molecule has 0 bridgehead atoms. The summed E-state index contributed by atoms with van der Waals surface area (Å²) in [5.41, 5.74) is 5.20. The highest BCUT2D eigenvalue weighted by atomic mass is 15.3. The second-order valence-corrected chi connectivity index (χ2v) is 5.43. The van der Waals surface area contributed by atoms with Crippen molar-refractivity contribution in [3.05, 3.63) is 41.1 Å². The normalized spacial score (nSPS) is 13.7. The van der Waals surface area contributed by atoms with E-state index in [4.69, 9.17) is 5.10 Å². The average Bonchev–Trinajstić information content (AvgIpc) is 3.00. The highest BCUT2D eigenvalue weighted by Gasteiger charge is 2.23. The van der Waals surface area contributed by atoms with Gasteiger partial charge in [-0.05, 0) is 30.4 Å². The van der Waals surface area contributed by atoms with E-state index < -0.39 is 0 Å². The van der Waals surface area contributed by atoms with Crippen LogP contribution in [0, 0.1) is 0 Å². The SMILES string of the molecule is CCc1nn(-c2ccccc2C(C)C)c2c1CCN2. The van der Waals surface area contributed by atoms with E-state index >= 15 is 0 Å². The molecule has 0 saturated carbocycles. The number of hydrogen-bond acceptors (Lipinski definition) is 2. The summed E-state index contributed by atoms with van der Waals surface area (Å²) < 4.78 is 2.11. The van der Waals surface area contributed by atoms with Crippen LogP contribution in [0.4, 0.5) is 5.82 Å². The molecule has 19 heavy (non-hydrogen) atoms. The van der Waals surface area contributed by atoms with Gasteiger partial charge in [0.2, 0.25) is 0 Å². The summed E-state index contributed by atoms with van der Waals surface area (Å²) in [6, 6.07) is 8.57. The lowest BCUT2D eigenvalue weighted by atomic mass is 10.0. The Morgan fingerprint density at radius 1 is 1.32 bits per heavy atom. The van der Waals surface area contributed by atoms with E-state index in [9.17, 15) is 0 Å². The van der Waals surface area contributed by atoms with Crippen LogP contribution in [0.3, 0.4) is 0 Å². The van der Waals surface area contributed by atoms with Crippen LogP contribution >= 0.6 is 0 Å². The first-order valence-electron chi connectivity index (χ1n) is 7.16. The molecule has 3 heteroatoms. The Bertz CT molecular complexity index is 596. The summed E-state index contributed by atoms with van der Waals surface area (Å²) in [6.07, 6.45) is 2.10. The van der Waals surface area contributed by atoms with E-state index in [0.717, 1.165) is 19.4 Å². The maximum atomic E-state index is 4.82. The third-order valence-corrected chi connectivity index (χ3v) is 3.86. The van der Waals surface area contributed by atoms with E-state index in [1.54, 1.807) is 0 Å².